The molecule has 0 radical (unpaired) electrons. The maximum atomic E-state index is 4.64. The van der Waals surface area contributed by atoms with E-state index in [4.69, 9.17) is 0 Å². The molecule has 1 aromatic carbocycles. The highest BCUT2D eigenvalue weighted by atomic mass is 79.9. The van der Waals surface area contributed by atoms with E-state index in [2.05, 4.69) is 62.1 Å². The molecule has 106 valence electrons. The van der Waals surface area contributed by atoms with Gasteiger partial charge in [-0.15, -0.1) is 0 Å². The van der Waals surface area contributed by atoms with Crippen LogP contribution in [0.25, 0.3) is 5.69 Å². The third kappa shape index (κ3) is 2.75. The van der Waals surface area contributed by atoms with E-state index in [0.29, 0.717) is 6.04 Å². The van der Waals surface area contributed by atoms with Gasteiger partial charge in [0.2, 0.25) is 5.95 Å². The SMILES string of the molecule is Cc1cn(-c2ccc(Br)c(C)c2)c(NC2CCCC2)n1. The van der Waals surface area contributed by atoms with Crippen LogP contribution in [0.2, 0.25) is 0 Å². The second-order valence-corrected chi connectivity index (χ2v) is 6.49. The number of imidazole rings is 1. The average Bonchev–Trinajstić information content (AvgIpc) is 3.03. The summed E-state index contributed by atoms with van der Waals surface area (Å²) in [5.74, 6) is 0.969. The van der Waals surface area contributed by atoms with Gasteiger partial charge in [-0.05, 0) is 50.5 Å². The van der Waals surface area contributed by atoms with Crippen LogP contribution in [0.4, 0.5) is 5.95 Å². The first-order chi connectivity index (χ1) is 9.63. The summed E-state index contributed by atoms with van der Waals surface area (Å²) in [6.07, 6.45) is 7.26. The number of anilines is 1. The smallest absolute Gasteiger partial charge is 0.207 e. The van der Waals surface area contributed by atoms with E-state index in [1.807, 2.05) is 6.92 Å². The maximum Gasteiger partial charge on any atom is 0.207 e. The van der Waals surface area contributed by atoms with Crippen molar-refractivity contribution in [2.24, 2.45) is 0 Å². The quantitative estimate of drug-likeness (QED) is 0.889. The number of hydrogen-bond acceptors (Lipinski definition) is 2. The van der Waals surface area contributed by atoms with Crippen molar-refractivity contribution < 1.29 is 0 Å². The molecule has 20 heavy (non-hydrogen) atoms. The van der Waals surface area contributed by atoms with E-state index in [1.54, 1.807) is 0 Å². The number of rotatable bonds is 3. The molecule has 0 unspecified atom stereocenters. The van der Waals surface area contributed by atoms with Crippen LogP contribution in [-0.4, -0.2) is 15.6 Å². The molecule has 0 atom stereocenters. The van der Waals surface area contributed by atoms with Crippen LogP contribution in [0.15, 0.2) is 28.9 Å². The molecule has 0 aliphatic heterocycles. The fraction of sp³-hybridized carbons (Fsp3) is 0.438. The van der Waals surface area contributed by atoms with E-state index in [1.165, 1.54) is 31.2 Å². The summed E-state index contributed by atoms with van der Waals surface area (Å²) >= 11 is 3.56. The number of halogens is 1. The molecule has 1 N–H and O–H groups in total. The maximum absolute atomic E-state index is 4.64. The summed E-state index contributed by atoms with van der Waals surface area (Å²) in [6, 6.07) is 6.98. The molecule has 0 spiro atoms. The lowest BCUT2D eigenvalue weighted by atomic mass is 10.2. The lowest BCUT2D eigenvalue weighted by molar-refractivity contribution is 0.740. The highest BCUT2D eigenvalue weighted by Crippen LogP contribution is 2.25. The van der Waals surface area contributed by atoms with Crippen molar-refractivity contribution in [1.82, 2.24) is 9.55 Å². The van der Waals surface area contributed by atoms with Gasteiger partial charge in [0, 0.05) is 22.4 Å². The first-order valence-electron chi connectivity index (χ1n) is 7.22. The Hall–Kier alpha value is -1.29. The molecule has 0 bridgehead atoms. The zero-order valence-corrected chi connectivity index (χ0v) is 13.6. The highest BCUT2D eigenvalue weighted by Gasteiger charge is 2.17. The van der Waals surface area contributed by atoms with Crippen molar-refractivity contribution in [3.63, 3.8) is 0 Å². The van der Waals surface area contributed by atoms with Gasteiger partial charge in [0.15, 0.2) is 0 Å². The molecule has 2 aromatic rings. The topological polar surface area (TPSA) is 29.9 Å². The van der Waals surface area contributed by atoms with Crippen molar-refractivity contribution in [1.29, 1.82) is 0 Å². The summed E-state index contributed by atoms with van der Waals surface area (Å²) in [6.45, 7) is 4.16. The minimum atomic E-state index is 0.576. The van der Waals surface area contributed by atoms with Crippen LogP contribution in [0, 0.1) is 13.8 Å². The summed E-state index contributed by atoms with van der Waals surface area (Å²) in [5.41, 5.74) is 3.44. The van der Waals surface area contributed by atoms with Gasteiger partial charge in [-0.3, -0.25) is 4.57 Å². The van der Waals surface area contributed by atoms with Crippen LogP contribution in [0.3, 0.4) is 0 Å². The third-order valence-electron chi connectivity index (χ3n) is 3.93. The number of aromatic nitrogens is 2. The number of nitrogens with one attached hydrogen (secondary N) is 1. The summed E-state index contributed by atoms with van der Waals surface area (Å²) < 4.78 is 3.30. The molecule has 1 heterocycles. The Kier molecular flexibility index (Phi) is 3.83. The van der Waals surface area contributed by atoms with Crippen LogP contribution < -0.4 is 5.32 Å². The zero-order chi connectivity index (χ0) is 14.1. The van der Waals surface area contributed by atoms with E-state index >= 15 is 0 Å². The molecule has 0 saturated heterocycles. The fourth-order valence-electron chi connectivity index (χ4n) is 2.83. The normalized spacial score (nSPS) is 15.8. The second-order valence-electron chi connectivity index (χ2n) is 5.64. The lowest BCUT2D eigenvalue weighted by Crippen LogP contribution is -2.17. The van der Waals surface area contributed by atoms with Crippen molar-refractivity contribution in [2.75, 3.05) is 5.32 Å². The lowest BCUT2D eigenvalue weighted by Gasteiger charge is -2.15. The second kappa shape index (κ2) is 5.60. The molecular formula is C16H20BrN3. The standard InChI is InChI=1S/C16H20BrN3/c1-11-9-14(7-8-15(11)17)20-10-12(2)18-16(20)19-13-5-3-4-6-13/h7-10,13H,3-6H2,1-2H3,(H,18,19). The molecule has 4 heteroatoms. The van der Waals surface area contributed by atoms with Crippen molar-refractivity contribution >= 4 is 21.9 Å². The van der Waals surface area contributed by atoms with Gasteiger partial charge in [0.25, 0.3) is 0 Å². The molecular weight excluding hydrogens is 314 g/mol. The molecule has 3 rings (SSSR count). The van der Waals surface area contributed by atoms with Gasteiger partial charge in [-0.25, -0.2) is 4.98 Å². The minimum Gasteiger partial charge on any atom is -0.353 e. The third-order valence-corrected chi connectivity index (χ3v) is 4.82. The van der Waals surface area contributed by atoms with Gasteiger partial charge < -0.3 is 5.32 Å². The highest BCUT2D eigenvalue weighted by molar-refractivity contribution is 9.10. The molecule has 1 aromatic heterocycles. The predicted molar refractivity (Wildman–Crippen MR) is 86.6 cm³/mol. The number of benzene rings is 1. The molecule has 0 amide bonds. The Morgan fingerprint density at radius 3 is 2.70 bits per heavy atom. The Morgan fingerprint density at radius 1 is 1.25 bits per heavy atom. The summed E-state index contributed by atoms with van der Waals surface area (Å²) in [5, 5.41) is 3.60. The summed E-state index contributed by atoms with van der Waals surface area (Å²) in [4.78, 5) is 4.64. The van der Waals surface area contributed by atoms with Crippen LogP contribution in [0.5, 0.6) is 0 Å². The number of hydrogen-bond donors (Lipinski definition) is 1. The average molecular weight is 334 g/mol. The predicted octanol–water partition coefficient (Wildman–Crippen LogP) is 4.61. The summed E-state index contributed by atoms with van der Waals surface area (Å²) in [7, 11) is 0. The fourth-order valence-corrected chi connectivity index (χ4v) is 3.07. The van der Waals surface area contributed by atoms with Gasteiger partial charge in [-0.1, -0.05) is 28.8 Å². The molecule has 1 aliphatic carbocycles. The molecule has 1 fully saturated rings. The Morgan fingerprint density at radius 2 is 2.00 bits per heavy atom. The van der Waals surface area contributed by atoms with Gasteiger partial charge in [-0.2, -0.15) is 0 Å². The van der Waals surface area contributed by atoms with Crippen molar-refractivity contribution in [2.45, 2.75) is 45.6 Å². The minimum absolute atomic E-state index is 0.576. The number of nitrogens with zero attached hydrogens (tertiary/aromatic N) is 2. The largest absolute Gasteiger partial charge is 0.353 e. The Bertz CT molecular complexity index is 612. The first-order valence-corrected chi connectivity index (χ1v) is 8.02. The number of aryl methyl sites for hydroxylation is 2. The van der Waals surface area contributed by atoms with Crippen LogP contribution in [-0.2, 0) is 0 Å². The van der Waals surface area contributed by atoms with E-state index < -0.39 is 0 Å². The van der Waals surface area contributed by atoms with E-state index in [0.717, 1.165) is 21.8 Å². The van der Waals surface area contributed by atoms with Gasteiger partial charge in [0.1, 0.15) is 0 Å². The monoisotopic (exact) mass is 333 g/mol. The van der Waals surface area contributed by atoms with E-state index in [9.17, 15) is 0 Å². The van der Waals surface area contributed by atoms with Crippen LogP contribution >= 0.6 is 15.9 Å². The first kappa shape index (κ1) is 13.7. The molecule has 1 saturated carbocycles. The Balaban J connectivity index is 1.93. The van der Waals surface area contributed by atoms with E-state index in [-0.39, 0.29) is 0 Å². The van der Waals surface area contributed by atoms with Crippen molar-refractivity contribution in [3.8, 4) is 5.69 Å². The molecule has 3 nitrogen and oxygen atoms in total. The molecule has 1 aliphatic rings. The van der Waals surface area contributed by atoms with Gasteiger partial charge in [0.05, 0.1) is 5.69 Å². The van der Waals surface area contributed by atoms with Crippen LogP contribution in [0.1, 0.15) is 36.9 Å². The van der Waals surface area contributed by atoms with Crippen molar-refractivity contribution in [3.05, 3.63) is 40.1 Å². The van der Waals surface area contributed by atoms with Gasteiger partial charge >= 0.3 is 0 Å². The Labute approximate surface area is 128 Å². The zero-order valence-electron chi connectivity index (χ0n) is 12.0.